The minimum absolute atomic E-state index is 0. The molecule has 0 saturated heterocycles. The van der Waals surface area contributed by atoms with E-state index >= 15 is 0 Å². The number of thiol groups is 1. The van der Waals surface area contributed by atoms with Gasteiger partial charge in [0.15, 0.2) is 0 Å². The Hall–Kier alpha value is 0.630. The van der Waals surface area contributed by atoms with Crippen LogP contribution in [0.25, 0.3) is 0 Å². The molecule has 1 N–H and O–H groups in total. The third-order valence-electron chi connectivity index (χ3n) is 0.882. The van der Waals surface area contributed by atoms with E-state index in [1.54, 1.807) is 18.2 Å². The zero-order valence-corrected chi connectivity index (χ0v) is 5.10. The number of phenolic OH excluding ortho intramolecular Hbond substituents is 1. The van der Waals surface area contributed by atoms with Crippen molar-refractivity contribution in [1.82, 2.24) is 0 Å². The Kier molecular flexibility index (Phi) is 4.76. The summed E-state index contributed by atoms with van der Waals surface area (Å²) in [6, 6.07) is 6.91. The number of aromatic hydroxyl groups is 1. The molecule has 0 aliphatic heterocycles. The van der Waals surface area contributed by atoms with Crippen molar-refractivity contribution >= 4 is 50.4 Å². The maximum atomic E-state index is 8.84. The molecule has 1 nitrogen and oxygen atoms in total. The van der Waals surface area contributed by atoms with E-state index in [-0.39, 0.29) is 43.5 Å². The molecule has 0 aromatic heterocycles. The Morgan fingerprint density at radius 1 is 1.22 bits per heavy atom. The second-order valence-corrected chi connectivity index (χ2v) is 1.97. The van der Waals surface area contributed by atoms with E-state index in [1.807, 2.05) is 6.07 Å². The molecule has 0 aliphatic rings. The minimum atomic E-state index is 0. The number of hydrogen-bond donors (Lipinski definition) is 2. The second kappa shape index (κ2) is 4.45. The number of hydrogen-bond acceptors (Lipinski definition) is 2. The first-order chi connectivity index (χ1) is 3.80. The average Bonchev–Trinajstić information content (AvgIpc) is 1.77. The van der Waals surface area contributed by atoms with Crippen LogP contribution in [0, 0.1) is 0 Å². The molecule has 1 aromatic carbocycles. The molecular formula is C6H8CaOS. The molecule has 0 aliphatic carbocycles. The standard InChI is InChI=1S/C6H6OS.Ca.2H/c7-5-3-1-2-4-6(5)8;;;/h1-4,7-8H;;;. The summed E-state index contributed by atoms with van der Waals surface area (Å²) in [6.45, 7) is 0. The monoisotopic (exact) mass is 168 g/mol. The molecule has 9 heavy (non-hydrogen) atoms. The van der Waals surface area contributed by atoms with Crippen molar-refractivity contribution in [3.05, 3.63) is 24.3 Å². The summed E-state index contributed by atoms with van der Waals surface area (Å²) in [6.07, 6.45) is 0. The van der Waals surface area contributed by atoms with Crippen LogP contribution in [0.5, 0.6) is 5.75 Å². The van der Waals surface area contributed by atoms with Crippen molar-refractivity contribution in [2.24, 2.45) is 0 Å². The number of benzene rings is 1. The van der Waals surface area contributed by atoms with Crippen molar-refractivity contribution in [3.8, 4) is 5.75 Å². The van der Waals surface area contributed by atoms with Gasteiger partial charge in [0, 0.05) is 4.90 Å². The van der Waals surface area contributed by atoms with Gasteiger partial charge in [-0.2, -0.15) is 0 Å². The topological polar surface area (TPSA) is 20.2 Å². The van der Waals surface area contributed by atoms with Gasteiger partial charge < -0.3 is 5.11 Å². The summed E-state index contributed by atoms with van der Waals surface area (Å²) in [5.41, 5.74) is 0. The molecule has 46 valence electrons. The number of phenols is 1. The number of rotatable bonds is 0. The van der Waals surface area contributed by atoms with Crippen molar-refractivity contribution in [2.45, 2.75) is 4.90 Å². The molecule has 0 bridgehead atoms. The molecule has 1 aromatic rings. The molecule has 0 saturated carbocycles. The van der Waals surface area contributed by atoms with Gasteiger partial charge in [0.25, 0.3) is 0 Å². The Labute approximate surface area is 89.5 Å². The zero-order chi connectivity index (χ0) is 5.98. The first-order valence-electron chi connectivity index (χ1n) is 2.27. The summed E-state index contributed by atoms with van der Waals surface area (Å²) in [4.78, 5) is 0.618. The van der Waals surface area contributed by atoms with Crippen molar-refractivity contribution in [1.29, 1.82) is 0 Å². The summed E-state index contributed by atoms with van der Waals surface area (Å²) in [5.74, 6) is 0.232. The molecular weight excluding hydrogens is 160 g/mol. The third-order valence-corrected chi connectivity index (χ3v) is 1.26. The van der Waals surface area contributed by atoms with Gasteiger partial charge in [-0.25, -0.2) is 0 Å². The molecule has 1 rings (SSSR count). The van der Waals surface area contributed by atoms with Gasteiger partial charge in [-0.05, 0) is 12.1 Å². The van der Waals surface area contributed by atoms with E-state index in [0.717, 1.165) is 0 Å². The van der Waals surface area contributed by atoms with Gasteiger partial charge in [-0.1, -0.05) is 12.1 Å². The molecule has 0 unspecified atom stereocenters. The molecule has 0 spiro atoms. The normalized spacial score (nSPS) is 8.11. The predicted octanol–water partition coefficient (Wildman–Crippen LogP) is 0.765. The fraction of sp³-hybridized carbons (Fsp3) is 0. The van der Waals surface area contributed by atoms with Crippen LogP contribution in [-0.2, 0) is 0 Å². The van der Waals surface area contributed by atoms with Gasteiger partial charge >= 0.3 is 37.7 Å². The summed E-state index contributed by atoms with van der Waals surface area (Å²) in [5, 5.41) is 8.84. The predicted molar refractivity (Wildman–Crippen MR) is 43.9 cm³/mol. The molecule has 0 heterocycles. The van der Waals surface area contributed by atoms with Gasteiger partial charge in [0.1, 0.15) is 5.75 Å². The van der Waals surface area contributed by atoms with Crippen LogP contribution < -0.4 is 0 Å². The fourth-order valence-electron chi connectivity index (χ4n) is 0.464. The van der Waals surface area contributed by atoms with Gasteiger partial charge in [-0.15, -0.1) is 12.6 Å². The Morgan fingerprint density at radius 3 is 2.11 bits per heavy atom. The van der Waals surface area contributed by atoms with Crippen molar-refractivity contribution < 1.29 is 5.11 Å². The molecule has 0 atom stereocenters. The van der Waals surface area contributed by atoms with E-state index in [2.05, 4.69) is 12.6 Å². The van der Waals surface area contributed by atoms with E-state index in [1.165, 1.54) is 0 Å². The summed E-state index contributed by atoms with van der Waals surface area (Å²) < 4.78 is 0. The van der Waals surface area contributed by atoms with E-state index < -0.39 is 0 Å². The first-order valence-corrected chi connectivity index (χ1v) is 2.72. The van der Waals surface area contributed by atoms with Crippen LogP contribution in [0.2, 0.25) is 0 Å². The first kappa shape index (κ1) is 9.63. The van der Waals surface area contributed by atoms with Crippen molar-refractivity contribution in [3.63, 3.8) is 0 Å². The molecule has 3 heteroatoms. The van der Waals surface area contributed by atoms with Crippen LogP contribution in [0.1, 0.15) is 0 Å². The van der Waals surface area contributed by atoms with Crippen LogP contribution in [0.4, 0.5) is 0 Å². The van der Waals surface area contributed by atoms with Gasteiger partial charge in [-0.3, -0.25) is 0 Å². The van der Waals surface area contributed by atoms with E-state index in [4.69, 9.17) is 5.11 Å². The molecule has 0 amide bonds. The third kappa shape index (κ3) is 2.80. The van der Waals surface area contributed by atoms with E-state index in [0.29, 0.717) is 4.90 Å². The van der Waals surface area contributed by atoms with Crippen LogP contribution in [0.15, 0.2) is 29.2 Å². The Bertz CT molecular complexity index is 169. The van der Waals surface area contributed by atoms with E-state index in [9.17, 15) is 0 Å². The Morgan fingerprint density at radius 2 is 1.78 bits per heavy atom. The quantitative estimate of drug-likeness (QED) is 0.433. The molecule has 0 radical (unpaired) electrons. The number of para-hydroxylation sites is 1. The zero-order valence-electron chi connectivity index (χ0n) is 4.20. The van der Waals surface area contributed by atoms with Crippen LogP contribution in [-0.4, -0.2) is 42.8 Å². The maximum absolute atomic E-state index is 8.84. The molecule has 0 fully saturated rings. The van der Waals surface area contributed by atoms with Crippen molar-refractivity contribution in [2.75, 3.05) is 0 Å². The van der Waals surface area contributed by atoms with Crippen LogP contribution in [0.3, 0.4) is 0 Å². The summed E-state index contributed by atoms with van der Waals surface area (Å²) in [7, 11) is 0. The summed E-state index contributed by atoms with van der Waals surface area (Å²) >= 11 is 3.95. The second-order valence-electron chi connectivity index (χ2n) is 1.49. The van der Waals surface area contributed by atoms with Gasteiger partial charge in [0.2, 0.25) is 0 Å². The SMILES string of the molecule is Oc1ccccc1S.[CaH2]. The average molecular weight is 168 g/mol. The fourth-order valence-corrected chi connectivity index (χ4v) is 0.625. The van der Waals surface area contributed by atoms with Crippen LogP contribution >= 0.6 is 12.6 Å². The Balaban J connectivity index is 0.000000640. The van der Waals surface area contributed by atoms with Gasteiger partial charge in [0.05, 0.1) is 0 Å².